The van der Waals surface area contributed by atoms with Crippen LogP contribution in [-0.2, 0) is 11.2 Å². The molecule has 28 heavy (non-hydrogen) atoms. The van der Waals surface area contributed by atoms with Crippen LogP contribution in [0.15, 0.2) is 6.07 Å². The van der Waals surface area contributed by atoms with E-state index in [1.807, 2.05) is 6.92 Å². The van der Waals surface area contributed by atoms with E-state index in [2.05, 4.69) is 20.2 Å². The Kier molecular flexibility index (Phi) is 6.26. The minimum absolute atomic E-state index is 0.178. The van der Waals surface area contributed by atoms with Crippen molar-refractivity contribution in [2.24, 2.45) is 0 Å². The number of ether oxygens (including phenoxy) is 1. The van der Waals surface area contributed by atoms with Gasteiger partial charge in [0.15, 0.2) is 11.0 Å². The van der Waals surface area contributed by atoms with Gasteiger partial charge >= 0.3 is 5.97 Å². The summed E-state index contributed by atoms with van der Waals surface area (Å²) in [5.41, 5.74) is 1.05. The Balaban J connectivity index is 1.68. The predicted molar refractivity (Wildman–Crippen MR) is 108 cm³/mol. The molecule has 0 saturated carbocycles. The fraction of sp³-hybridized carbons (Fsp3) is 0.500. The van der Waals surface area contributed by atoms with E-state index in [1.54, 1.807) is 20.1 Å². The van der Waals surface area contributed by atoms with Crippen molar-refractivity contribution in [1.29, 1.82) is 0 Å². The number of nitrogens with one attached hydrogen (secondary N) is 2. The van der Waals surface area contributed by atoms with Crippen molar-refractivity contribution in [1.82, 2.24) is 15.3 Å². The van der Waals surface area contributed by atoms with Crippen LogP contribution in [0.3, 0.4) is 0 Å². The Labute approximate surface area is 171 Å². The summed E-state index contributed by atoms with van der Waals surface area (Å²) in [5, 5.41) is 13.4. The highest BCUT2D eigenvalue weighted by Gasteiger charge is 2.32. The Hall–Kier alpha value is -2.10. The van der Waals surface area contributed by atoms with Crippen molar-refractivity contribution in [3.8, 4) is 0 Å². The van der Waals surface area contributed by atoms with Crippen LogP contribution in [-0.4, -0.2) is 59.3 Å². The number of hydrogen-bond donors (Lipinski definition) is 3. The first-order chi connectivity index (χ1) is 13.3. The number of hydrogen-bond acceptors (Lipinski definition) is 6. The zero-order valence-electron chi connectivity index (χ0n) is 15.9. The highest BCUT2D eigenvalue weighted by Crippen LogP contribution is 2.32. The molecule has 3 heterocycles. The molecule has 0 radical (unpaired) electrons. The number of imidazole rings is 1. The van der Waals surface area contributed by atoms with Gasteiger partial charge in [-0.25, -0.2) is 9.78 Å². The molecule has 1 saturated heterocycles. The highest BCUT2D eigenvalue weighted by atomic mass is 35.5. The normalized spacial score (nSPS) is 19.6. The molecular weight excluding hydrogens is 404 g/mol. The number of carbonyl (C=O) groups excluding carboxylic acids is 1. The van der Waals surface area contributed by atoms with Crippen LogP contribution in [0, 0.1) is 6.92 Å². The molecule has 152 valence electrons. The minimum Gasteiger partial charge on any atom is -0.478 e. The standard InChI is InChI=1S/C18H23ClN4O4S/c1-4-11-15(19)22-16(20-11)17(24)21-12-5-6-23(8-13(12)27-3)14-7-10(18(25)26)9(2)28-14/h7,12-13H,4-6,8H2,1-3H3,(H,20,22)(H,21,24)(H,25,26)/t12-,13?/m1/s1. The largest absolute Gasteiger partial charge is 0.478 e. The van der Waals surface area contributed by atoms with Gasteiger partial charge in [-0.2, -0.15) is 0 Å². The molecule has 10 heteroatoms. The number of aromatic nitrogens is 2. The molecule has 2 aromatic heterocycles. The lowest BCUT2D eigenvalue weighted by Crippen LogP contribution is -2.55. The third kappa shape index (κ3) is 4.16. The van der Waals surface area contributed by atoms with Gasteiger partial charge in [-0.1, -0.05) is 18.5 Å². The number of aromatic amines is 1. The van der Waals surface area contributed by atoms with Crippen LogP contribution in [0.4, 0.5) is 5.00 Å². The Morgan fingerprint density at radius 1 is 1.54 bits per heavy atom. The van der Waals surface area contributed by atoms with Crippen LogP contribution in [0.5, 0.6) is 0 Å². The quantitative estimate of drug-likeness (QED) is 0.655. The maximum atomic E-state index is 12.5. The monoisotopic (exact) mass is 426 g/mol. The third-order valence-corrected chi connectivity index (χ3v) is 6.35. The van der Waals surface area contributed by atoms with Crippen LogP contribution in [0.1, 0.15) is 44.9 Å². The molecule has 1 aliphatic heterocycles. The van der Waals surface area contributed by atoms with Crippen LogP contribution in [0.2, 0.25) is 5.15 Å². The molecule has 1 fully saturated rings. The summed E-state index contributed by atoms with van der Waals surface area (Å²) in [6, 6.07) is 1.52. The van der Waals surface area contributed by atoms with E-state index in [0.717, 1.165) is 15.6 Å². The molecule has 1 unspecified atom stereocenters. The van der Waals surface area contributed by atoms with E-state index in [0.29, 0.717) is 36.6 Å². The maximum absolute atomic E-state index is 12.5. The van der Waals surface area contributed by atoms with E-state index in [4.69, 9.17) is 16.3 Å². The molecule has 0 bridgehead atoms. The molecule has 8 nitrogen and oxygen atoms in total. The number of halogens is 1. The number of nitrogens with zero attached hydrogens (tertiary/aromatic N) is 2. The number of carboxylic acid groups (broad SMARTS) is 1. The number of H-pyrrole nitrogens is 1. The van der Waals surface area contributed by atoms with Crippen molar-refractivity contribution < 1.29 is 19.4 Å². The smallest absolute Gasteiger partial charge is 0.336 e. The van der Waals surface area contributed by atoms with E-state index < -0.39 is 5.97 Å². The number of aromatic carboxylic acids is 1. The number of aryl methyl sites for hydroxylation is 2. The summed E-state index contributed by atoms with van der Waals surface area (Å²) in [6.07, 6.45) is 1.10. The first kappa shape index (κ1) is 20.6. The second-order valence-electron chi connectivity index (χ2n) is 6.66. The highest BCUT2D eigenvalue weighted by molar-refractivity contribution is 7.16. The van der Waals surface area contributed by atoms with Crippen LogP contribution < -0.4 is 10.2 Å². The lowest BCUT2D eigenvalue weighted by atomic mass is 10.0. The fourth-order valence-electron chi connectivity index (χ4n) is 3.32. The summed E-state index contributed by atoms with van der Waals surface area (Å²) in [7, 11) is 1.61. The molecule has 1 aliphatic rings. The Morgan fingerprint density at radius 3 is 2.86 bits per heavy atom. The molecule has 2 aromatic rings. The number of carbonyl (C=O) groups is 2. The first-order valence-electron chi connectivity index (χ1n) is 9.00. The second-order valence-corrected chi connectivity index (χ2v) is 8.25. The number of piperidine rings is 1. The predicted octanol–water partition coefficient (Wildman–Crippen LogP) is 2.72. The first-order valence-corrected chi connectivity index (χ1v) is 10.2. The number of anilines is 1. The summed E-state index contributed by atoms with van der Waals surface area (Å²) in [5.74, 6) is -1.05. The lowest BCUT2D eigenvalue weighted by Gasteiger charge is -2.38. The van der Waals surface area contributed by atoms with E-state index in [-0.39, 0.29) is 23.9 Å². The molecule has 3 N–H and O–H groups in total. The van der Waals surface area contributed by atoms with Gasteiger partial charge in [-0.15, -0.1) is 11.3 Å². The van der Waals surface area contributed by atoms with E-state index >= 15 is 0 Å². The fourth-order valence-corrected chi connectivity index (χ4v) is 4.63. The number of methoxy groups -OCH3 is 1. The van der Waals surface area contributed by atoms with Gasteiger partial charge in [-0.05, 0) is 25.8 Å². The molecule has 2 atom stereocenters. The van der Waals surface area contributed by atoms with Crippen LogP contribution >= 0.6 is 22.9 Å². The molecule has 3 rings (SSSR count). The van der Waals surface area contributed by atoms with Crippen molar-refractivity contribution in [2.75, 3.05) is 25.1 Å². The molecule has 1 amide bonds. The summed E-state index contributed by atoms with van der Waals surface area (Å²) in [6.45, 7) is 4.97. The van der Waals surface area contributed by atoms with Crippen molar-refractivity contribution >= 4 is 39.8 Å². The second kappa shape index (κ2) is 8.50. The number of amides is 1. The maximum Gasteiger partial charge on any atom is 0.336 e. The van der Waals surface area contributed by atoms with Gasteiger partial charge in [0.25, 0.3) is 5.91 Å². The number of carboxylic acids is 1. The summed E-state index contributed by atoms with van der Waals surface area (Å²) < 4.78 is 5.60. The van der Waals surface area contributed by atoms with Gasteiger partial charge in [0.1, 0.15) is 0 Å². The van der Waals surface area contributed by atoms with Gasteiger partial charge in [0.2, 0.25) is 0 Å². The Bertz CT molecular complexity index is 881. The van der Waals surface area contributed by atoms with Crippen molar-refractivity contribution in [3.63, 3.8) is 0 Å². The zero-order chi connectivity index (χ0) is 20.4. The Morgan fingerprint density at radius 2 is 2.29 bits per heavy atom. The SMILES string of the molecule is CCc1[nH]c(C(=O)N[C@@H]2CCN(c3cc(C(=O)O)c(C)s3)CC2OC)nc1Cl. The lowest BCUT2D eigenvalue weighted by molar-refractivity contribution is 0.0539. The van der Waals surface area contributed by atoms with Crippen molar-refractivity contribution in [2.45, 2.75) is 38.8 Å². The topological polar surface area (TPSA) is 108 Å². The number of thiophene rings is 1. The molecule has 0 spiro atoms. The van der Waals surface area contributed by atoms with Gasteiger partial charge in [0, 0.05) is 25.1 Å². The van der Waals surface area contributed by atoms with E-state index in [1.165, 1.54) is 11.3 Å². The molecule has 0 aromatic carbocycles. The minimum atomic E-state index is -0.922. The number of rotatable bonds is 6. The van der Waals surface area contributed by atoms with Gasteiger partial charge in [0.05, 0.1) is 28.4 Å². The zero-order valence-corrected chi connectivity index (χ0v) is 17.5. The molecule has 0 aliphatic carbocycles. The summed E-state index contributed by atoms with van der Waals surface area (Å²) in [4.78, 5) is 33.7. The van der Waals surface area contributed by atoms with Crippen LogP contribution in [0.25, 0.3) is 0 Å². The average Bonchev–Trinajstić information content (AvgIpc) is 3.24. The van der Waals surface area contributed by atoms with Gasteiger partial charge in [-0.3, -0.25) is 4.79 Å². The summed E-state index contributed by atoms with van der Waals surface area (Å²) >= 11 is 7.47. The van der Waals surface area contributed by atoms with Crippen molar-refractivity contribution in [3.05, 3.63) is 33.2 Å². The average molecular weight is 427 g/mol. The molecular formula is C18H23ClN4O4S. The van der Waals surface area contributed by atoms with E-state index in [9.17, 15) is 14.7 Å². The third-order valence-electron chi connectivity index (χ3n) is 4.92. The van der Waals surface area contributed by atoms with Gasteiger partial charge < -0.3 is 25.0 Å².